The third-order valence-corrected chi connectivity index (χ3v) is 3.78. The zero-order valence-electron chi connectivity index (χ0n) is 12.6. The Morgan fingerprint density at radius 3 is 2.65 bits per heavy atom. The lowest BCUT2D eigenvalue weighted by atomic mass is 10.2. The molecule has 2 heterocycles. The zero-order chi connectivity index (χ0) is 14.4. The summed E-state index contributed by atoms with van der Waals surface area (Å²) in [6.07, 6.45) is 4.04. The number of carbonyl (C=O) groups excluding carboxylic acids is 1. The summed E-state index contributed by atoms with van der Waals surface area (Å²) < 4.78 is 5.23. The number of rotatable bonds is 6. The Morgan fingerprint density at radius 2 is 2.05 bits per heavy atom. The van der Waals surface area contributed by atoms with E-state index in [1.165, 1.54) is 0 Å². The van der Waals surface area contributed by atoms with Crippen LogP contribution in [0.15, 0.2) is 10.6 Å². The minimum atomic E-state index is 0.314. The van der Waals surface area contributed by atoms with E-state index in [0.29, 0.717) is 12.3 Å². The smallest absolute Gasteiger partial charge is 0.222 e. The van der Waals surface area contributed by atoms with Gasteiger partial charge in [-0.3, -0.25) is 9.69 Å². The summed E-state index contributed by atoms with van der Waals surface area (Å²) in [6.45, 7) is 8.38. The summed E-state index contributed by atoms with van der Waals surface area (Å²) in [6, 6.07) is 1.97. The highest BCUT2D eigenvalue weighted by atomic mass is 16.5. The highest BCUT2D eigenvalue weighted by Gasteiger charge is 2.21. The van der Waals surface area contributed by atoms with E-state index in [9.17, 15) is 4.79 Å². The van der Waals surface area contributed by atoms with Crippen LogP contribution in [0.4, 0.5) is 0 Å². The molecule has 1 fully saturated rings. The average Bonchev–Trinajstić information content (AvgIpc) is 2.85. The van der Waals surface area contributed by atoms with Gasteiger partial charge in [0.05, 0.1) is 12.2 Å². The van der Waals surface area contributed by atoms with Gasteiger partial charge in [0.1, 0.15) is 0 Å². The summed E-state index contributed by atoms with van der Waals surface area (Å²) >= 11 is 0. The van der Waals surface area contributed by atoms with Crippen molar-refractivity contribution in [2.45, 2.75) is 46.1 Å². The number of amides is 1. The number of unbranched alkanes of at least 4 members (excludes halogenated alkanes) is 2. The van der Waals surface area contributed by atoms with Gasteiger partial charge >= 0.3 is 0 Å². The molecule has 0 aliphatic carbocycles. The fourth-order valence-electron chi connectivity index (χ4n) is 2.55. The van der Waals surface area contributed by atoms with E-state index in [1.54, 1.807) is 0 Å². The molecule has 2 rings (SSSR count). The van der Waals surface area contributed by atoms with Gasteiger partial charge in [-0.2, -0.15) is 0 Å². The Bertz CT molecular complexity index is 423. The Balaban J connectivity index is 1.70. The number of piperazine rings is 1. The monoisotopic (exact) mass is 279 g/mol. The van der Waals surface area contributed by atoms with Crippen LogP contribution >= 0.6 is 0 Å². The fraction of sp³-hybridized carbons (Fsp3) is 0.733. The summed E-state index contributed by atoms with van der Waals surface area (Å²) in [7, 11) is 0. The van der Waals surface area contributed by atoms with Crippen LogP contribution in [0.5, 0.6) is 0 Å². The van der Waals surface area contributed by atoms with Crippen molar-refractivity contribution in [1.82, 2.24) is 15.0 Å². The second kappa shape index (κ2) is 7.43. The first-order valence-electron chi connectivity index (χ1n) is 7.61. The van der Waals surface area contributed by atoms with E-state index in [4.69, 9.17) is 4.52 Å². The third kappa shape index (κ3) is 4.34. The van der Waals surface area contributed by atoms with Crippen LogP contribution in [0.25, 0.3) is 0 Å². The standard InChI is InChI=1S/C15H25N3O2/c1-3-4-5-6-15(19)18-9-7-17(8-10-18)12-14-11-13(2)16-20-14/h11H,3-10,12H2,1-2H3. The van der Waals surface area contributed by atoms with Gasteiger partial charge in [0.15, 0.2) is 5.76 Å². The molecule has 5 nitrogen and oxygen atoms in total. The van der Waals surface area contributed by atoms with Crippen molar-refractivity contribution in [3.05, 3.63) is 17.5 Å². The third-order valence-electron chi connectivity index (χ3n) is 3.78. The van der Waals surface area contributed by atoms with Gasteiger partial charge in [-0.25, -0.2) is 0 Å². The number of nitrogens with zero attached hydrogens (tertiary/aromatic N) is 3. The van der Waals surface area contributed by atoms with Crippen molar-refractivity contribution in [3.8, 4) is 0 Å². The maximum absolute atomic E-state index is 12.0. The SMILES string of the molecule is CCCCCC(=O)N1CCN(Cc2cc(C)no2)CC1. The molecule has 0 N–H and O–H groups in total. The largest absolute Gasteiger partial charge is 0.360 e. The topological polar surface area (TPSA) is 49.6 Å². The van der Waals surface area contributed by atoms with Crippen molar-refractivity contribution in [2.24, 2.45) is 0 Å². The Kier molecular flexibility index (Phi) is 5.59. The molecule has 20 heavy (non-hydrogen) atoms. The summed E-state index contributed by atoms with van der Waals surface area (Å²) in [4.78, 5) is 16.3. The molecule has 0 radical (unpaired) electrons. The number of hydrogen-bond donors (Lipinski definition) is 0. The van der Waals surface area contributed by atoms with Crippen molar-refractivity contribution in [2.75, 3.05) is 26.2 Å². The molecule has 1 saturated heterocycles. The van der Waals surface area contributed by atoms with Crippen LogP contribution in [0.3, 0.4) is 0 Å². The molecule has 0 saturated carbocycles. The van der Waals surface area contributed by atoms with Crippen molar-refractivity contribution < 1.29 is 9.32 Å². The van der Waals surface area contributed by atoms with E-state index in [1.807, 2.05) is 17.9 Å². The van der Waals surface area contributed by atoms with Crippen LogP contribution in [-0.4, -0.2) is 47.0 Å². The normalized spacial score (nSPS) is 16.6. The van der Waals surface area contributed by atoms with Gasteiger partial charge in [0.2, 0.25) is 5.91 Å². The molecule has 1 amide bonds. The molecule has 0 atom stereocenters. The minimum absolute atomic E-state index is 0.314. The van der Waals surface area contributed by atoms with E-state index < -0.39 is 0 Å². The van der Waals surface area contributed by atoms with Crippen LogP contribution in [0.1, 0.15) is 44.1 Å². The predicted molar refractivity (Wildman–Crippen MR) is 77.2 cm³/mol. The molecule has 0 unspecified atom stereocenters. The Morgan fingerprint density at radius 1 is 1.30 bits per heavy atom. The number of carbonyl (C=O) groups is 1. The molecule has 1 aromatic rings. The fourth-order valence-corrected chi connectivity index (χ4v) is 2.55. The van der Waals surface area contributed by atoms with Gasteiger partial charge in [-0.15, -0.1) is 0 Å². The van der Waals surface area contributed by atoms with Gasteiger partial charge in [-0.1, -0.05) is 24.9 Å². The number of hydrogen-bond acceptors (Lipinski definition) is 4. The maximum Gasteiger partial charge on any atom is 0.222 e. The number of aromatic nitrogens is 1. The lowest BCUT2D eigenvalue weighted by molar-refractivity contribution is -0.133. The van der Waals surface area contributed by atoms with Crippen LogP contribution < -0.4 is 0 Å². The first-order chi connectivity index (χ1) is 9.69. The maximum atomic E-state index is 12.0. The highest BCUT2D eigenvalue weighted by Crippen LogP contribution is 2.11. The van der Waals surface area contributed by atoms with Crippen LogP contribution in [0.2, 0.25) is 0 Å². The molecule has 1 aromatic heterocycles. The predicted octanol–water partition coefficient (Wildman–Crippen LogP) is 2.21. The van der Waals surface area contributed by atoms with E-state index in [2.05, 4.69) is 17.0 Å². The first-order valence-corrected chi connectivity index (χ1v) is 7.61. The van der Waals surface area contributed by atoms with Crippen LogP contribution in [0, 0.1) is 6.92 Å². The second-order valence-corrected chi connectivity index (χ2v) is 5.55. The summed E-state index contributed by atoms with van der Waals surface area (Å²) in [5, 5.41) is 3.90. The van der Waals surface area contributed by atoms with E-state index in [-0.39, 0.29) is 0 Å². The minimum Gasteiger partial charge on any atom is -0.360 e. The second-order valence-electron chi connectivity index (χ2n) is 5.55. The molecule has 112 valence electrons. The van der Waals surface area contributed by atoms with Gasteiger partial charge in [-0.05, 0) is 13.3 Å². The molecule has 1 aliphatic heterocycles. The Hall–Kier alpha value is -1.36. The summed E-state index contributed by atoms with van der Waals surface area (Å²) in [5.41, 5.74) is 0.921. The number of aryl methyl sites for hydroxylation is 1. The molecular weight excluding hydrogens is 254 g/mol. The quantitative estimate of drug-likeness (QED) is 0.749. The molecule has 0 aromatic carbocycles. The molecule has 1 aliphatic rings. The van der Waals surface area contributed by atoms with Gasteiger partial charge < -0.3 is 9.42 Å². The average molecular weight is 279 g/mol. The molecule has 0 bridgehead atoms. The van der Waals surface area contributed by atoms with E-state index >= 15 is 0 Å². The van der Waals surface area contributed by atoms with Crippen molar-refractivity contribution in [1.29, 1.82) is 0 Å². The van der Waals surface area contributed by atoms with Crippen molar-refractivity contribution >= 4 is 5.91 Å². The molecular formula is C15H25N3O2. The molecule has 5 heteroatoms. The zero-order valence-corrected chi connectivity index (χ0v) is 12.6. The van der Waals surface area contributed by atoms with Crippen LogP contribution in [-0.2, 0) is 11.3 Å². The van der Waals surface area contributed by atoms with E-state index in [0.717, 1.165) is 63.4 Å². The molecule has 0 spiro atoms. The van der Waals surface area contributed by atoms with Crippen molar-refractivity contribution in [3.63, 3.8) is 0 Å². The lowest BCUT2D eigenvalue weighted by Crippen LogP contribution is -2.48. The lowest BCUT2D eigenvalue weighted by Gasteiger charge is -2.34. The summed E-state index contributed by atoms with van der Waals surface area (Å²) in [5.74, 6) is 1.22. The van der Waals surface area contributed by atoms with Gasteiger partial charge in [0.25, 0.3) is 0 Å². The highest BCUT2D eigenvalue weighted by molar-refractivity contribution is 5.76. The first kappa shape index (κ1) is 15.0. The van der Waals surface area contributed by atoms with Gasteiger partial charge in [0, 0.05) is 38.7 Å². The Labute approximate surface area is 120 Å².